The first kappa shape index (κ1) is 17.9. The van der Waals surface area contributed by atoms with Crippen molar-refractivity contribution >= 4 is 32.5 Å². The van der Waals surface area contributed by atoms with Crippen molar-refractivity contribution in [3.63, 3.8) is 0 Å². The molecule has 0 aliphatic heterocycles. The number of aryl methyl sites for hydroxylation is 2. The molecule has 0 aliphatic carbocycles. The van der Waals surface area contributed by atoms with E-state index in [4.69, 9.17) is 4.98 Å². The van der Waals surface area contributed by atoms with E-state index in [2.05, 4.69) is 53.0 Å². The molecule has 140 valence electrons. The highest BCUT2D eigenvalue weighted by Gasteiger charge is 2.20. The molecule has 0 fully saturated rings. The summed E-state index contributed by atoms with van der Waals surface area (Å²) in [5.41, 5.74) is 3.40. The van der Waals surface area contributed by atoms with Crippen LogP contribution in [0.4, 0.5) is 0 Å². The van der Waals surface area contributed by atoms with Crippen molar-refractivity contribution in [2.75, 3.05) is 6.54 Å². The van der Waals surface area contributed by atoms with Crippen LogP contribution in [0, 0.1) is 13.8 Å². The minimum absolute atomic E-state index is 0.0248. The number of rotatable bonds is 5. The lowest BCUT2D eigenvalue weighted by molar-refractivity contribution is 0.205. The van der Waals surface area contributed by atoms with Crippen LogP contribution in [0.1, 0.15) is 41.7 Å². The van der Waals surface area contributed by atoms with Gasteiger partial charge >= 0.3 is 0 Å². The van der Waals surface area contributed by atoms with Crippen LogP contribution in [0.5, 0.6) is 0 Å². The predicted octanol–water partition coefficient (Wildman–Crippen LogP) is 4.67. The molecule has 1 unspecified atom stereocenters. The molecule has 6 heteroatoms. The Labute approximate surface area is 162 Å². The van der Waals surface area contributed by atoms with E-state index in [0.717, 1.165) is 45.1 Å². The Kier molecular flexibility index (Phi) is 4.61. The van der Waals surface area contributed by atoms with Gasteiger partial charge in [0.25, 0.3) is 5.56 Å². The highest BCUT2D eigenvalue weighted by Crippen LogP contribution is 2.28. The topological polar surface area (TPSA) is 64.8 Å². The Balaban J connectivity index is 1.65. The molecule has 27 heavy (non-hydrogen) atoms. The average molecular weight is 381 g/mol. The van der Waals surface area contributed by atoms with E-state index in [-0.39, 0.29) is 11.6 Å². The van der Waals surface area contributed by atoms with Gasteiger partial charge in [0, 0.05) is 23.1 Å². The number of nitrogens with zero attached hydrogens (tertiary/aromatic N) is 2. The van der Waals surface area contributed by atoms with Crippen LogP contribution in [0.2, 0.25) is 0 Å². The van der Waals surface area contributed by atoms with E-state index in [9.17, 15) is 4.79 Å². The second-order valence-corrected chi connectivity index (χ2v) is 8.26. The fourth-order valence-electron chi connectivity index (χ4n) is 3.60. The zero-order chi connectivity index (χ0) is 19.1. The molecule has 1 aromatic carbocycles. The lowest BCUT2D eigenvalue weighted by atomic mass is 10.1. The highest BCUT2D eigenvalue weighted by atomic mass is 32.1. The monoisotopic (exact) mass is 380 g/mol. The summed E-state index contributed by atoms with van der Waals surface area (Å²) < 4.78 is 0. The first-order valence-electron chi connectivity index (χ1n) is 9.28. The van der Waals surface area contributed by atoms with E-state index in [1.165, 1.54) is 10.9 Å². The molecule has 3 heterocycles. The molecule has 0 amide bonds. The van der Waals surface area contributed by atoms with Crippen LogP contribution in [0.3, 0.4) is 0 Å². The summed E-state index contributed by atoms with van der Waals surface area (Å²) in [7, 11) is 0. The maximum absolute atomic E-state index is 12.6. The molecule has 0 saturated heterocycles. The van der Waals surface area contributed by atoms with Gasteiger partial charge in [0.2, 0.25) is 0 Å². The van der Waals surface area contributed by atoms with E-state index in [1.807, 2.05) is 20.0 Å². The summed E-state index contributed by atoms with van der Waals surface area (Å²) in [6.45, 7) is 9.96. The average Bonchev–Trinajstić information content (AvgIpc) is 3.23. The molecule has 1 atom stereocenters. The van der Waals surface area contributed by atoms with E-state index in [0.29, 0.717) is 0 Å². The predicted molar refractivity (Wildman–Crippen MR) is 113 cm³/mol. The van der Waals surface area contributed by atoms with E-state index < -0.39 is 0 Å². The van der Waals surface area contributed by atoms with Crippen molar-refractivity contribution in [2.45, 2.75) is 40.3 Å². The Hall–Kier alpha value is -2.44. The van der Waals surface area contributed by atoms with Crippen LogP contribution in [-0.4, -0.2) is 26.4 Å². The van der Waals surface area contributed by atoms with Crippen LogP contribution in [-0.2, 0) is 6.54 Å². The van der Waals surface area contributed by atoms with Gasteiger partial charge in [-0.1, -0.05) is 13.0 Å². The van der Waals surface area contributed by atoms with Gasteiger partial charge in [-0.2, -0.15) is 0 Å². The minimum Gasteiger partial charge on any atom is -0.361 e. The van der Waals surface area contributed by atoms with Gasteiger partial charge in [-0.25, -0.2) is 4.98 Å². The number of fused-ring (bicyclic) bond motifs is 2. The SMILES string of the molecule is CCN(Cc1ccc2[nH]ccc2c1)C(C)c1nc2sc(C)c(C)c2c(=O)[nH]1. The summed E-state index contributed by atoms with van der Waals surface area (Å²) in [6.07, 6.45) is 1.96. The third-order valence-corrected chi connectivity index (χ3v) is 6.51. The Morgan fingerprint density at radius 1 is 1.26 bits per heavy atom. The first-order chi connectivity index (χ1) is 13.0. The fourth-order valence-corrected chi connectivity index (χ4v) is 4.64. The highest BCUT2D eigenvalue weighted by molar-refractivity contribution is 7.18. The zero-order valence-corrected chi connectivity index (χ0v) is 16.9. The summed E-state index contributed by atoms with van der Waals surface area (Å²) in [4.78, 5) is 28.0. The molecule has 4 rings (SSSR count). The number of hydrogen-bond donors (Lipinski definition) is 2. The maximum atomic E-state index is 12.6. The summed E-state index contributed by atoms with van der Waals surface area (Å²) in [6, 6.07) is 8.60. The van der Waals surface area contributed by atoms with Gasteiger partial charge in [-0.05, 0) is 62.0 Å². The summed E-state index contributed by atoms with van der Waals surface area (Å²) >= 11 is 1.60. The number of nitrogens with one attached hydrogen (secondary N) is 2. The number of H-pyrrole nitrogens is 2. The molecule has 4 aromatic rings. The fraction of sp³-hybridized carbons (Fsp3) is 0.333. The number of benzene rings is 1. The molecule has 0 aliphatic rings. The van der Waals surface area contributed by atoms with Crippen LogP contribution in [0.15, 0.2) is 35.3 Å². The normalized spacial score (nSPS) is 13.1. The molecule has 3 aromatic heterocycles. The summed E-state index contributed by atoms with van der Waals surface area (Å²) in [5, 5.41) is 1.95. The summed E-state index contributed by atoms with van der Waals surface area (Å²) in [5.74, 6) is 0.735. The van der Waals surface area contributed by atoms with Gasteiger partial charge in [0.05, 0.1) is 11.4 Å². The van der Waals surface area contributed by atoms with E-state index in [1.54, 1.807) is 11.3 Å². The smallest absolute Gasteiger partial charge is 0.259 e. The number of thiophene rings is 1. The van der Waals surface area contributed by atoms with Gasteiger partial charge in [-0.3, -0.25) is 9.69 Å². The van der Waals surface area contributed by atoms with Crippen LogP contribution in [0.25, 0.3) is 21.1 Å². The van der Waals surface area contributed by atoms with Crippen LogP contribution >= 0.6 is 11.3 Å². The quantitative estimate of drug-likeness (QED) is 0.529. The molecule has 0 spiro atoms. The molecule has 0 saturated carbocycles. The molecule has 2 N–H and O–H groups in total. The second kappa shape index (κ2) is 6.94. The van der Waals surface area contributed by atoms with E-state index >= 15 is 0 Å². The second-order valence-electron chi connectivity index (χ2n) is 7.05. The minimum atomic E-state index is -0.0338. The lowest BCUT2D eigenvalue weighted by Gasteiger charge is -2.27. The molecule has 0 radical (unpaired) electrons. The van der Waals surface area contributed by atoms with Crippen molar-refractivity contribution in [2.24, 2.45) is 0 Å². The van der Waals surface area contributed by atoms with Crippen molar-refractivity contribution in [1.29, 1.82) is 0 Å². The lowest BCUT2D eigenvalue weighted by Crippen LogP contribution is -2.29. The third kappa shape index (κ3) is 3.19. The van der Waals surface area contributed by atoms with Gasteiger partial charge < -0.3 is 9.97 Å². The molecular weight excluding hydrogens is 356 g/mol. The van der Waals surface area contributed by atoms with Crippen molar-refractivity contribution < 1.29 is 0 Å². The zero-order valence-electron chi connectivity index (χ0n) is 16.1. The molecule has 0 bridgehead atoms. The van der Waals surface area contributed by atoms with Gasteiger partial charge in [0.1, 0.15) is 10.7 Å². The molecular formula is C21H24N4OS. The van der Waals surface area contributed by atoms with Crippen molar-refractivity contribution in [3.8, 4) is 0 Å². The Bertz CT molecular complexity index is 1170. The maximum Gasteiger partial charge on any atom is 0.259 e. The Morgan fingerprint density at radius 2 is 2.07 bits per heavy atom. The largest absolute Gasteiger partial charge is 0.361 e. The number of aromatic amines is 2. The molecule has 5 nitrogen and oxygen atoms in total. The first-order valence-corrected chi connectivity index (χ1v) is 10.1. The Morgan fingerprint density at radius 3 is 2.85 bits per heavy atom. The van der Waals surface area contributed by atoms with Gasteiger partial charge in [-0.15, -0.1) is 11.3 Å². The van der Waals surface area contributed by atoms with Crippen molar-refractivity contribution in [3.05, 3.63) is 62.6 Å². The standard InChI is InChI=1S/C21H24N4OS/c1-5-25(11-15-6-7-17-16(10-15)8-9-22-17)13(3)19-23-20(26)18-12(2)14(4)27-21(18)24-19/h6-10,13,22H,5,11H2,1-4H3,(H,23,24,26). The number of aromatic nitrogens is 3. The van der Waals surface area contributed by atoms with Crippen LogP contribution < -0.4 is 5.56 Å². The van der Waals surface area contributed by atoms with Gasteiger partial charge in [0.15, 0.2) is 0 Å². The third-order valence-electron chi connectivity index (χ3n) is 5.41. The number of hydrogen-bond acceptors (Lipinski definition) is 4. The van der Waals surface area contributed by atoms with Crippen molar-refractivity contribution in [1.82, 2.24) is 19.9 Å².